The fourth-order valence-corrected chi connectivity index (χ4v) is 2.45. The van der Waals surface area contributed by atoms with Crippen molar-refractivity contribution in [1.29, 1.82) is 0 Å². The molecule has 4 N–H and O–H groups in total. The molecule has 0 saturated heterocycles. The van der Waals surface area contributed by atoms with Crippen LogP contribution in [0.1, 0.15) is 36.5 Å². The van der Waals surface area contributed by atoms with Crippen LogP contribution >= 0.6 is 0 Å². The number of rotatable bonds is 3. The Balaban J connectivity index is 2.27. The molecule has 0 bridgehead atoms. The summed E-state index contributed by atoms with van der Waals surface area (Å²) < 4.78 is 0. The number of nitrogens with one attached hydrogen (secondary N) is 1. The monoisotopic (exact) mass is 234 g/mol. The van der Waals surface area contributed by atoms with Gasteiger partial charge in [-0.15, -0.1) is 0 Å². The van der Waals surface area contributed by atoms with E-state index in [1.807, 2.05) is 0 Å². The van der Waals surface area contributed by atoms with Crippen LogP contribution in [0, 0.1) is 5.92 Å². The SMILES string of the molecule is CC1CCCC1Nc1c(N)cccc1C(=O)O. The van der Waals surface area contributed by atoms with Gasteiger partial charge in [0.25, 0.3) is 0 Å². The van der Waals surface area contributed by atoms with Crippen LogP contribution in [0.25, 0.3) is 0 Å². The highest BCUT2D eigenvalue weighted by Crippen LogP contribution is 2.31. The van der Waals surface area contributed by atoms with E-state index in [-0.39, 0.29) is 5.56 Å². The molecule has 0 aromatic heterocycles. The largest absolute Gasteiger partial charge is 0.478 e. The zero-order valence-electron chi connectivity index (χ0n) is 9.94. The van der Waals surface area contributed by atoms with Gasteiger partial charge < -0.3 is 16.2 Å². The minimum atomic E-state index is -0.939. The van der Waals surface area contributed by atoms with Gasteiger partial charge in [-0.05, 0) is 30.9 Å². The van der Waals surface area contributed by atoms with Crippen molar-refractivity contribution in [3.63, 3.8) is 0 Å². The van der Waals surface area contributed by atoms with Gasteiger partial charge in [0.15, 0.2) is 0 Å². The van der Waals surface area contributed by atoms with Gasteiger partial charge in [0.2, 0.25) is 0 Å². The van der Waals surface area contributed by atoms with Gasteiger partial charge in [0.1, 0.15) is 0 Å². The normalized spacial score (nSPS) is 23.6. The molecular formula is C13H18N2O2. The molecule has 2 atom stereocenters. The van der Waals surface area contributed by atoms with E-state index in [9.17, 15) is 4.79 Å². The number of benzene rings is 1. The van der Waals surface area contributed by atoms with Crippen molar-refractivity contribution in [3.05, 3.63) is 23.8 Å². The molecule has 2 rings (SSSR count). The van der Waals surface area contributed by atoms with Gasteiger partial charge in [-0.3, -0.25) is 0 Å². The summed E-state index contributed by atoms with van der Waals surface area (Å²) in [5.74, 6) is -0.373. The molecular weight excluding hydrogens is 216 g/mol. The summed E-state index contributed by atoms with van der Waals surface area (Å²) in [5.41, 5.74) is 7.18. The smallest absolute Gasteiger partial charge is 0.337 e. The third-order valence-electron chi connectivity index (χ3n) is 3.52. The number of nitrogens with two attached hydrogens (primary N) is 1. The number of carboxylic acid groups (broad SMARTS) is 1. The first-order valence-corrected chi connectivity index (χ1v) is 5.98. The summed E-state index contributed by atoms with van der Waals surface area (Å²) in [5, 5.41) is 12.4. The molecule has 0 heterocycles. The first kappa shape index (κ1) is 11.8. The van der Waals surface area contributed by atoms with Crippen LogP contribution in [0.4, 0.5) is 11.4 Å². The maximum absolute atomic E-state index is 11.1. The van der Waals surface area contributed by atoms with Crippen LogP contribution in [0.2, 0.25) is 0 Å². The predicted octanol–water partition coefficient (Wildman–Crippen LogP) is 2.57. The lowest BCUT2D eigenvalue weighted by atomic mass is 10.0. The van der Waals surface area contributed by atoms with Crippen LogP contribution in [-0.4, -0.2) is 17.1 Å². The molecule has 1 saturated carbocycles. The van der Waals surface area contributed by atoms with E-state index in [2.05, 4.69) is 12.2 Å². The van der Waals surface area contributed by atoms with Crippen LogP contribution in [0.15, 0.2) is 18.2 Å². The van der Waals surface area contributed by atoms with Gasteiger partial charge in [0.05, 0.1) is 16.9 Å². The predicted molar refractivity (Wildman–Crippen MR) is 68.2 cm³/mol. The Morgan fingerprint density at radius 2 is 2.24 bits per heavy atom. The van der Waals surface area contributed by atoms with E-state index in [0.29, 0.717) is 23.3 Å². The van der Waals surface area contributed by atoms with Crippen molar-refractivity contribution >= 4 is 17.3 Å². The number of nitrogen functional groups attached to an aromatic ring is 1. The molecule has 1 aliphatic rings. The van der Waals surface area contributed by atoms with Crippen LogP contribution < -0.4 is 11.1 Å². The summed E-state index contributed by atoms with van der Waals surface area (Å²) in [4.78, 5) is 11.1. The highest BCUT2D eigenvalue weighted by atomic mass is 16.4. The molecule has 0 amide bonds. The Bertz CT molecular complexity index is 431. The summed E-state index contributed by atoms with van der Waals surface area (Å²) in [7, 11) is 0. The van der Waals surface area contributed by atoms with Gasteiger partial charge in [-0.25, -0.2) is 4.79 Å². The summed E-state index contributed by atoms with van der Waals surface area (Å²) in [6.45, 7) is 2.18. The second-order valence-electron chi connectivity index (χ2n) is 4.73. The zero-order chi connectivity index (χ0) is 12.4. The summed E-state index contributed by atoms with van der Waals surface area (Å²) in [6.07, 6.45) is 3.45. The number of aromatic carboxylic acids is 1. The van der Waals surface area contributed by atoms with Crippen molar-refractivity contribution in [2.75, 3.05) is 11.1 Å². The Labute approximate surface area is 101 Å². The second-order valence-corrected chi connectivity index (χ2v) is 4.73. The fourth-order valence-electron chi connectivity index (χ4n) is 2.45. The van der Waals surface area contributed by atoms with Gasteiger partial charge in [-0.1, -0.05) is 19.4 Å². The molecule has 2 unspecified atom stereocenters. The van der Waals surface area contributed by atoms with Gasteiger partial charge in [-0.2, -0.15) is 0 Å². The van der Waals surface area contributed by atoms with E-state index < -0.39 is 5.97 Å². The van der Waals surface area contributed by atoms with Crippen LogP contribution in [0.5, 0.6) is 0 Å². The first-order valence-electron chi connectivity index (χ1n) is 5.98. The van der Waals surface area contributed by atoms with E-state index in [4.69, 9.17) is 10.8 Å². The Hall–Kier alpha value is -1.71. The Kier molecular flexibility index (Phi) is 3.22. The van der Waals surface area contributed by atoms with Crippen molar-refractivity contribution in [2.45, 2.75) is 32.2 Å². The highest BCUT2D eigenvalue weighted by Gasteiger charge is 2.25. The lowest BCUT2D eigenvalue weighted by molar-refractivity contribution is 0.0698. The maximum atomic E-state index is 11.1. The molecule has 0 aliphatic heterocycles. The minimum absolute atomic E-state index is 0.254. The van der Waals surface area contributed by atoms with Crippen molar-refractivity contribution in [1.82, 2.24) is 0 Å². The van der Waals surface area contributed by atoms with Crippen molar-refractivity contribution < 1.29 is 9.90 Å². The van der Waals surface area contributed by atoms with E-state index in [0.717, 1.165) is 6.42 Å². The van der Waals surface area contributed by atoms with E-state index in [1.165, 1.54) is 12.8 Å². The molecule has 1 aromatic rings. The fraction of sp³-hybridized carbons (Fsp3) is 0.462. The van der Waals surface area contributed by atoms with Crippen molar-refractivity contribution in [2.24, 2.45) is 5.92 Å². The van der Waals surface area contributed by atoms with Gasteiger partial charge >= 0.3 is 5.97 Å². The second kappa shape index (κ2) is 4.65. The number of hydrogen-bond acceptors (Lipinski definition) is 3. The minimum Gasteiger partial charge on any atom is -0.478 e. The topological polar surface area (TPSA) is 75.3 Å². The Morgan fingerprint density at radius 1 is 1.47 bits per heavy atom. The molecule has 1 aromatic carbocycles. The summed E-state index contributed by atoms with van der Waals surface area (Å²) in [6, 6.07) is 5.31. The average Bonchev–Trinajstić information content (AvgIpc) is 2.67. The third kappa shape index (κ3) is 2.35. The standard InChI is InChI=1S/C13H18N2O2/c1-8-4-2-7-11(8)15-12-9(13(16)17)5-3-6-10(12)14/h3,5-6,8,11,15H,2,4,7,14H2,1H3,(H,16,17). The molecule has 4 heteroatoms. The molecule has 92 valence electrons. The Morgan fingerprint density at radius 3 is 2.82 bits per heavy atom. The molecule has 0 radical (unpaired) electrons. The maximum Gasteiger partial charge on any atom is 0.337 e. The summed E-state index contributed by atoms with van der Waals surface area (Å²) >= 11 is 0. The first-order chi connectivity index (χ1) is 8.09. The van der Waals surface area contributed by atoms with E-state index >= 15 is 0 Å². The molecule has 0 spiro atoms. The highest BCUT2D eigenvalue weighted by molar-refractivity contribution is 5.97. The number of carbonyl (C=O) groups is 1. The number of anilines is 2. The van der Waals surface area contributed by atoms with E-state index in [1.54, 1.807) is 18.2 Å². The molecule has 17 heavy (non-hydrogen) atoms. The molecule has 1 aliphatic carbocycles. The van der Waals surface area contributed by atoms with Gasteiger partial charge in [0, 0.05) is 6.04 Å². The number of para-hydroxylation sites is 1. The third-order valence-corrected chi connectivity index (χ3v) is 3.52. The van der Waals surface area contributed by atoms with Crippen LogP contribution in [0.3, 0.4) is 0 Å². The number of carboxylic acids is 1. The number of hydrogen-bond donors (Lipinski definition) is 3. The average molecular weight is 234 g/mol. The van der Waals surface area contributed by atoms with Crippen molar-refractivity contribution in [3.8, 4) is 0 Å². The lowest BCUT2D eigenvalue weighted by Crippen LogP contribution is -2.24. The van der Waals surface area contributed by atoms with Crippen LogP contribution in [-0.2, 0) is 0 Å². The zero-order valence-corrected chi connectivity index (χ0v) is 9.94. The quantitative estimate of drug-likeness (QED) is 0.702. The molecule has 1 fully saturated rings. The lowest BCUT2D eigenvalue weighted by Gasteiger charge is -2.21. The molecule has 4 nitrogen and oxygen atoms in total.